The van der Waals surface area contributed by atoms with Gasteiger partial charge in [0.15, 0.2) is 5.66 Å². The normalized spacial score (nSPS) is 17.6. The Morgan fingerprint density at radius 3 is 2.58 bits per heavy atom. The monoisotopic (exact) mass is 484 g/mol. The summed E-state index contributed by atoms with van der Waals surface area (Å²) in [6.07, 6.45) is 1.79. The molecule has 2 aromatic carbocycles. The number of piperidine rings is 1. The van der Waals surface area contributed by atoms with Crippen LogP contribution in [0, 0.1) is 6.92 Å². The summed E-state index contributed by atoms with van der Waals surface area (Å²) in [5.74, 6) is 0.643. The number of aliphatic imine (C=N–C) groups is 2. The molecule has 1 amide bonds. The van der Waals surface area contributed by atoms with Gasteiger partial charge in [0, 0.05) is 36.5 Å². The number of aryl methyl sites for hydroxylation is 1. The van der Waals surface area contributed by atoms with Crippen LogP contribution in [0.4, 0.5) is 5.69 Å². The van der Waals surface area contributed by atoms with Crippen LogP contribution in [-0.2, 0) is 4.79 Å². The number of likely N-dealkylation sites (tertiary alicyclic amines) is 1. The van der Waals surface area contributed by atoms with E-state index in [0.717, 1.165) is 48.8 Å². The van der Waals surface area contributed by atoms with Crippen molar-refractivity contribution >= 4 is 45.7 Å². The van der Waals surface area contributed by atoms with Gasteiger partial charge < -0.3 is 15.0 Å². The zero-order valence-corrected chi connectivity index (χ0v) is 20.8. The van der Waals surface area contributed by atoms with Gasteiger partial charge in [0.25, 0.3) is 0 Å². The fraction of sp³-hybridized carbons (Fsp3) is 0.400. The number of anilines is 1. The van der Waals surface area contributed by atoms with Crippen molar-refractivity contribution in [2.75, 3.05) is 37.8 Å². The third kappa shape index (κ3) is 5.60. The fourth-order valence-corrected chi connectivity index (χ4v) is 5.12. The standard InChI is InChI=1S/C25H29ClN4O2S/c1-4-30-13-11-25(12-14-30)28-23(18-7-5-17(2)6-8-18)24(29-25)33-16-22(31)27-20-15-19(26)9-10-21(20)32-3/h5-10,15H,4,11-14,16H2,1-3H3,(H,27,31). The van der Waals surface area contributed by atoms with Crippen LogP contribution in [0.1, 0.15) is 30.9 Å². The van der Waals surface area contributed by atoms with Gasteiger partial charge in [-0.15, -0.1) is 0 Å². The maximum absolute atomic E-state index is 12.8. The first-order chi connectivity index (χ1) is 15.9. The van der Waals surface area contributed by atoms with Gasteiger partial charge in [-0.25, -0.2) is 4.99 Å². The number of benzene rings is 2. The Balaban J connectivity index is 1.51. The van der Waals surface area contributed by atoms with E-state index < -0.39 is 5.66 Å². The molecule has 6 nitrogen and oxygen atoms in total. The summed E-state index contributed by atoms with van der Waals surface area (Å²) in [4.78, 5) is 25.4. The van der Waals surface area contributed by atoms with Crippen LogP contribution in [0.2, 0.25) is 5.02 Å². The van der Waals surface area contributed by atoms with Crippen molar-refractivity contribution in [3.05, 3.63) is 58.6 Å². The van der Waals surface area contributed by atoms with Gasteiger partial charge in [-0.3, -0.25) is 9.79 Å². The average molecular weight is 485 g/mol. The number of ether oxygens (including phenoxy) is 1. The van der Waals surface area contributed by atoms with Gasteiger partial charge in [-0.2, -0.15) is 0 Å². The van der Waals surface area contributed by atoms with Gasteiger partial charge in [-0.05, 0) is 31.7 Å². The highest BCUT2D eigenvalue weighted by Crippen LogP contribution is 2.36. The largest absolute Gasteiger partial charge is 0.495 e. The second-order valence-electron chi connectivity index (χ2n) is 8.34. The minimum Gasteiger partial charge on any atom is -0.495 e. The van der Waals surface area contributed by atoms with Crippen molar-refractivity contribution < 1.29 is 9.53 Å². The molecule has 2 aromatic rings. The summed E-state index contributed by atoms with van der Waals surface area (Å²) in [5, 5.41) is 4.27. The second kappa shape index (κ2) is 10.3. The molecule has 0 unspecified atom stereocenters. The molecule has 1 spiro atoms. The number of halogens is 1. The van der Waals surface area contributed by atoms with Crippen molar-refractivity contribution in [2.24, 2.45) is 9.98 Å². The molecule has 0 aliphatic carbocycles. The summed E-state index contributed by atoms with van der Waals surface area (Å²) >= 11 is 7.52. The Kier molecular flexibility index (Phi) is 7.41. The van der Waals surface area contributed by atoms with Crippen molar-refractivity contribution in [2.45, 2.75) is 32.4 Å². The quantitative estimate of drug-likeness (QED) is 0.623. The second-order valence-corrected chi connectivity index (χ2v) is 9.74. The van der Waals surface area contributed by atoms with Gasteiger partial charge in [0.05, 0.1) is 24.3 Å². The number of rotatable bonds is 6. The molecule has 0 saturated carbocycles. The molecule has 4 rings (SSSR count). The van der Waals surface area contributed by atoms with Crippen LogP contribution >= 0.6 is 23.4 Å². The van der Waals surface area contributed by atoms with E-state index in [2.05, 4.69) is 48.3 Å². The molecule has 1 saturated heterocycles. The summed E-state index contributed by atoms with van der Waals surface area (Å²) in [6.45, 7) is 7.27. The molecule has 2 heterocycles. The number of amides is 1. The molecule has 1 fully saturated rings. The Morgan fingerprint density at radius 1 is 1.18 bits per heavy atom. The van der Waals surface area contributed by atoms with Crippen molar-refractivity contribution in [1.29, 1.82) is 0 Å². The first-order valence-corrected chi connectivity index (χ1v) is 12.5. The molecular weight excluding hydrogens is 456 g/mol. The highest BCUT2D eigenvalue weighted by Gasteiger charge is 2.39. The molecule has 2 aliphatic rings. The Hall–Kier alpha value is -2.35. The van der Waals surface area contributed by atoms with E-state index in [4.69, 9.17) is 26.3 Å². The lowest BCUT2D eigenvalue weighted by Crippen LogP contribution is -2.41. The smallest absolute Gasteiger partial charge is 0.234 e. The SMILES string of the molecule is CCN1CCC2(CC1)N=C(SCC(=O)Nc1cc(Cl)ccc1OC)C(c1ccc(C)cc1)=N2. The minimum atomic E-state index is -0.416. The molecule has 8 heteroatoms. The van der Waals surface area contributed by atoms with E-state index in [9.17, 15) is 4.79 Å². The molecule has 2 aliphatic heterocycles. The van der Waals surface area contributed by atoms with E-state index in [1.807, 2.05) is 0 Å². The number of nitrogens with zero attached hydrogens (tertiary/aromatic N) is 3. The van der Waals surface area contributed by atoms with Crippen LogP contribution in [-0.4, -0.2) is 59.7 Å². The Bertz CT molecular complexity index is 1080. The van der Waals surface area contributed by atoms with Gasteiger partial charge in [0.2, 0.25) is 5.91 Å². The van der Waals surface area contributed by atoms with Crippen LogP contribution < -0.4 is 10.1 Å². The topological polar surface area (TPSA) is 66.3 Å². The minimum absolute atomic E-state index is 0.145. The predicted octanol–water partition coefficient (Wildman–Crippen LogP) is 5.04. The summed E-state index contributed by atoms with van der Waals surface area (Å²) in [7, 11) is 1.56. The number of nitrogens with one attached hydrogen (secondary N) is 1. The number of hydrogen-bond acceptors (Lipinski definition) is 6. The number of carbonyl (C=O) groups is 1. The summed E-state index contributed by atoms with van der Waals surface area (Å²) in [5.41, 5.74) is 3.27. The lowest BCUT2D eigenvalue weighted by atomic mass is 9.98. The third-order valence-corrected chi connectivity index (χ3v) is 7.24. The molecule has 0 atom stereocenters. The number of carbonyl (C=O) groups excluding carboxylic acids is 1. The van der Waals surface area contributed by atoms with E-state index in [0.29, 0.717) is 16.5 Å². The first-order valence-electron chi connectivity index (χ1n) is 11.2. The van der Waals surface area contributed by atoms with Crippen LogP contribution in [0.25, 0.3) is 0 Å². The summed E-state index contributed by atoms with van der Waals surface area (Å²) in [6, 6.07) is 13.5. The Morgan fingerprint density at radius 2 is 1.91 bits per heavy atom. The number of hydrogen-bond donors (Lipinski definition) is 1. The molecular formula is C25H29ClN4O2S. The van der Waals surface area contributed by atoms with E-state index in [1.165, 1.54) is 17.3 Å². The van der Waals surface area contributed by atoms with Gasteiger partial charge in [0.1, 0.15) is 10.8 Å². The number of thioether (sulfide) groups is 1. The zero-order valence-electron chi connectivity index (χ0n) is 19.2. The number of methoxy groups -OCH3 is 1. The van der Waals surface area contributed by atoms with E-state index in [-0.39, 0.29) is 11.7 Å². The molecule has 33 heavy (non-hydrogen) atoms. The van der Waals surface area contributed by atoms with Gasteiger partial charge >= 0.3 is 0 Å². The van der Waals surface area contributed by atoms with Crippen LogP contribution in [0.15, 0.2) is 52.4 Å². The zero-order chi connectivity index (χ0) is 23.4. The average Bonchev–Trinajstić information content (AvgIpc) is 3.17. The Labute approximate surface area is 204 Å². The summed E-state index contributed by atoms with van der Waals surface area (Å²) < 4.78 is 5.33. The molecule has 0 radical (unpaired) electrons. The van der Waals surface area contributed by atoms with Crippen LogP contribution in [0.5, 0.6) is 5.75 Å². The lowest BCUT2D eigenvalue weighted by molar-refractivity contribution is -0.113. The third-order valence-electron chi connectivity index (χ3n) is 6.04. The maximum Gasteiger partial charge on any atom is 0.234 e. The predicted molar refractivity (Wildman–Crippen MR) is 138 cm³/mol. The van der Waals surface area contributed by atoms with Crippen molar-refractivity contribution in [3.8, 4) is 5.75 Å². The maximum atomic E-state index is 12.8. The van der Waals surface area contributed by atoms with Crippen molar-refractivity contribution in [1.82, 2.24) is 4.90 Å². The lowest BCUT2D eigenvalue weighted by Gasteiger charge is -2.34. The first kappa shape index (κ1) is 23.8. The molecule has 1 N–H and O–H groups in total. The van der Waals surface area contributed by atoms with Gasteiger partial charge in [-0.1, -0.05) is 60.1 Å². The highest BCUT2D eigenvalue weighted by molar-refractivity contribution is 8.16. The molecule has 0 bridgehead atoms. The van der Waals surface area contributed by atoms with E-state index >= 15 is 0 Å². The van der Waals surface area contributed by atoms with Crippen LogP contribution in [0.3, 0.4) is 0 Å². The fourth-order valence-electron chi connectivity index (χ4n) is 4.07. The molecule has 174 valence electrons. The molecule has 0 aromatic heterocycles. The van der Waals surface area contributed by atoms with Crippen molar-refractivity contribution in [3.63, 3.8) is 0 Å². The van der Waals surface area contributed by atoms with E-state index in [1.54, 1.807) is 25.3 Å². The highest BCUT2D eigenvalue weighted by atomic mass is 35.5.